The van der Waals surface area contributed by atoms with Crippen LogP contribution in [0.2, 0.25) is 0 Å². The summed E-state index contributed by atoms with van der Waals surface area (Å²) in [7, 11) is 0. The van der Waals surface area contributed by atoms with Crippen molar-refractivity contribution in [2.24, 2.45) is 0 Å². The summed E-state index contributed by atoms with van der Waals surface area (Å²) in [6, 6.07) is 20.0. The molecule has 0 bridgehead atoms. The molecule has 0 saturated heterocycles. The van der Waals surface area contributed by atoms with Gasteiger partial charge in [-0.25, -0.2) is 0 Å². The number of ketones is 1. The van der Waals surface area contributed by atoms with Crippen molar-refractivity contribution >= 4 is 44.3 Å². The molecule has 162 valence electrons. The normalized spacial score (nSPS) is 11.9. The second kappa shape index (κ2) is 9.01. The molecule has 1 N–H and O–H groups in total. The van der Waals surface area contributed by atoms with Crippen LogP contribution in [0.3, 0.4) is 0 Å². The minimum Gasteiger partial charge on any atom is -0.481 e. The van der Waals surface area contributed by atoms with Crippen molar-refractivity contribution in [1.82, 2.24) is 0 Å². The molecule has 1 amide bonds. The molecule has 1 unspecified atom stereocenters. The van der Waals surface area contributed by atoms with Crippen molar-refractivity contribution in [3.8, 4) is 5.75 Å². The van der Waals surface area contributed by atoms with Gasteiger partial charge in [0.15, 0.2) is 11.9 Å². The molecule has 0 saturated carbocycles. The van der Waals surface area contributed by atoms with E-state index in [1.54, 1.807) is 37.3 Å². The number of hydrogen-bond donors (Lipinski definition) is 1. The molecule has 0 aliphatic rings. The molecule has 4 rings (SSSR count). The van der Waals surface area contributed by atoms with E-state index in [-0.39, 0.29) is 17.5 Å². The zero-order chi connectivity index (χ0) is 22.8. The van der Waals surface area contributed by atoms with Crippen LogP contribution in [0.25, 0.3) is 11.0 Å². The van der Waals surface area contributed by atoms with Crippen LogP contribution in [0.1, 0.15) is 34.2 Å². The largest absolute Gasteiger partial charge is 0.481 e. The summed E-state index contributed by atoms with van der Waals surface area (Å²) < 4.78 is 12.6. The predicted molar refractivity (Wildman–Crippen MR) is 128 cm³/mol. The highest BCUT2D eigenvalue weighted by Gasteiger charge is 2.25. The molecule has 6 heteroatoms. The van der Waals surface area contributed by atoms with Crippen LogP contribution >= 0.6 is 15.9 Å². The number of para-hydroxylation sites is 1. The smallest absolute Gasteiger partial charge is 0.265 e. The number of aryl methyl sites for hydroxylation is 2. The number of nitrogens with one attached hydrogen (secondary N) is 1. The standard InChI is InChI=1S/C26H22BrNO4/c1-15-12-16(2)14-20(13-15)31-17(3)26(30)28-23-21-6-4-5-7-22(21)32-25(23)24(29)18-8-10-19(27)11-9-18/h4-14,17H,1-3H3,(H,28,30). The Kier molecular flexibility index (Phi) is 6.15. The number of hydrogen-bond acceptors (Lipinski definition) is 4. The number of benzene rings is 3. The Morgan fingerprint density at radius 3 is 2.31 bits per heavy atom. The Morgan fingerprint density at radius 2 is 1.62 bits per heavy atom. The molecule has 0 spiro atoms. The third-order valence-electron chi connectivity index (χ3n) is 5.03. The summed E-state index contributed by atoms with van der Waals surface area (Å²) in [5.41, 5.74) is 3.43. The monoisotopic (exact) mass is 491 g/mol. The van der Waals surface area contributed by atoms with E-state index in [4.69, 9.17) is 9.15 Å². The maximum atomic E-state index is 13.2. The number of rotatable bonds is 6. The van der Waals surface area contributed by atoms with Crippen molar-refractivity contribution in [2.75, 3.05) is 5.32 Å². The first-order valence-corrected chi connectivity index (χ1v) is 11.0. The van der Waals surface area contributed by atoms with Crippen LogP contribution in [-0.4, -0.2) is 17.8 Å². The van der Waals surface area contributed by atoms with E-state index < -0.39 is 6.10 Å². The second-order valence-electron chi connectivity index (χ2n) is 7.71. The summed E-state index contributed by atoms with van der Waals surface area (Å²) in [5.74, 6) is 0.0151. The van der Waals surface area contributed by atoms with E-state index in [1.165, 1.54) is 0 Å². The van der Waals surface area contributed by atoms with Gasteiger partial charge >= 0.3 is 0 Å². The molecule has 1 aromatic heterocycles. The molecule has 1 atom stereocenters. The third-order valence-corrected chi connectivity index (χ3v) is 5.56. The van der Waals surface area contributed by atoms with Crippen molar-refractivity contribution < 1.29 is 18.7 Å². The van der Waals surface area contributed by atoms with Crippen LogP contribution in [-0.2, 0) is 4.79 Å². The molecule has 0 aliphatic carbocycles. The quantitative estimate of drug-likeness (QED) is 0.314. The van der Waals surface area contributed by atoms with Crippen LogP contribution in [0.15, 0.2) is 75.6 Å². The maximum absolute atomic E-state index is 13.2. The highest BCUT2D eigenvalue weighted by Crippen LogP contribution is 2.33. The third kappa shape index (κ3) is 4.60. The molecule has 0 aliphatic heterocycles. The van der Waals surface area contributed by atoms with Gasteiger partial charge in [-0.05, 0) is 80.4 Å². The Balaban J connectivity index is 1.64. The molecule has 1 heterocycles. The molecule has 4 aromatic rings. The molecule has 0 radical (unpaired) electrons. The number of amides is 1. The fraction of sp³-hybridized carbons (Fsp3) is 0.154. The molecule has 5 nitrogen and oxygen atoms in total. The fourth-order valence-corrected chi connectivity index (χ4v) is 3.81. The van der Waals surface area contributed by atoms with Gasteiger partial charge in [-0.3, -0.25) is 9.59 Å². The van der Waals surface area contributed by atoms with Gasteiger partial charge in [0.1, 0.15) is 11.3 Å². The fourth-order valence-electron chi connectivity index (χ4n) is 3.55. The van der Waals surface area contributed by atoms with Crippen molar-refractivity contribution in [1.29, 1.82) is 0 Å². The average molecular weight is 492 g/mol. The van der Waals surface area contributed by atoms with Gasteiger partial charge < -0.3 is 14.5 Å². The van der Waals surface area contributed by atoms with Gasteiger partial charge in [0.2, 0.25) is 5.78 Å². The lowest BCUT2D eigenvalue weighted by atomic mass is 10.1. The van der Waals surface area contributed by atoms with Crippen molar-refractivity contribution in [3.63, 3.8) is 0 Å². The molecule has 0 fully saturated rings. The Morgan fingerprint density at radius 1 is 0.969 bits per heavy atom. The van der Waals surface area contributed by atoms with E-state index in [0.717, 1.165) is 15.6 Å². The summed E-state index contributed by atoms with van der Waals surface area (Å²) >= 11 is 3.37. The highest BCUT2D eigenvalue weighted by atomic mass is 79.9. The predicted octanol–water partition coefficient (Wildman–Crippen LogP) is 6.45. The summed E-state index contributed by atoms with van der Waals surface area (Å²) in [4.78, 5) is 26.2. The summed E-state index contributed by atoms with van der Waals surface area (Å²) in [6.45, 7) is 5.62. The number of fused-ring (bicyclic) bond motifs is 1. The minimum atomic E-state index is -0.777. The van der Waals surface area contributed by atoms with Crippen molar-refractivity contribution in [3.05, 3.63) is 93.7 Å². The number of carbonyl (C=O) groups excluding carboxylic acids is 2. The second-order valence-corrected chi connectivity index (χ2v) is 8.63. The van der Waals surface area contributed by atoms with Gasteiger partial charge in [0.25, 0.3) is 5.91 Å². The van der Waals surface area contributed by atoms with E-state index in [0.29, 0.717) is 28.0 Å². The topological polar surface area (TPSA) is 68.5 Å². The van der Waals surface area contributed by atoms with Crippen LogP contribution in [0.4, 0.5) is 5.69 Å². The molecular formula is C26H22BrNO4. The Labute approximate surface area is 194 Å². The number of anilines is 1. The van der Waals surface area contributed by atoms with E-state index >= 15 is 0 Å². The van der Waals surface area contributed by atoms with Gasteiger partial charge in [-0.1, -0.05) is 34.1 Å². The van der Waals surface area contributed by atoms with Crippen LogP contribution in [0, 0.1) is 13.8 Å². The van der Waals surface area contributed by atoms with Gasteiger partial charge in [-0.2, -0.15) is 0 Å². The first kappa shape index (κ1) is 21.8. The van der Waals surface area contributed by atoms with E-state index in [1.807, 2.05) is 50.2 Å². The van der Waals surface area contributed by atoms with E-state index in [9.17, 15) is 9.59 Å². The highest BCUT2D eigenvalue weighted by molar-refractivity contribution is 9.10. The lowest BCUT2D eigenvalue weighted by Crippen LogP contribution is -2.30. The first-order chi connectivity index (χ1) is 15.3. The lowest BCUT2D eigenvalue weighted by Gasteiger charge is -2.16. The Bertz CT molecular complexity index is 1290. The number of carbonyl (C=O) groups is 2. The number of furan rings is 1. The summed E-state index contributed by atoms with van der Waals surface area (Å²) in [5, 5.41) is 3.51. The van der Waals surface area contributed by atoms with Gasteiger partial charge in [0, 0.05) is 15.4 Å². The molecule has 32 heavy (non-hydrogen) atoms. The van der Waals surface area contributed by atoms with Gasteiger partial charge in [-0.15, -0.1) is 0 Å². The number of ether oxygens (including phenoxy) is 1. The SMILES string of the molecule is Cc1cc(C)cc(OC(C)C(=O)Nc2c(C(=O)c3ccc(Br)cc3)oc3ccccc23)c1. The average Bonchev–Trinajstić information content (AvgIpc) is 3.11. The van der Waals surface area contributed by atoms with Crippen LogP contribution in [0.5, 0.6) is 5.75 Å². The zero-order valence-corrected chi connectivity index (χ0v) is 19.5. The first-order valence-electron chi connectivity index (χ1n) is 10.2. The van der Waals surface area contributed by atoms with E-state index in [2.05, 4.69) is 21.2 Å². The lowest BCUT2D eigenvalue weighted by molar-refractivity contribution is -0.122. The summed E-state index contributed by atoms with van der Waals surface area (Å²) in [6.07, 6.45) is -0.777. The minimum absolute atomic E-state index is 0.0838. The molecular weight excluding hydrogens is 470 g/mol. The van der Waals surface area contributed by atoms with Crippen LogP contribution < -0.4 is 10.1 Å². The Hall–Kier alpha value is -3.38. The zero-order valence-electron chi connectivity index (χ0n) is 17.9. The maximum Gasteiger partial charge on any atom is 0.265 e. The van der Waals surface area contributed by atoms with Gasteiger partial charge in [0.05, 0.1) is 5.69 Å². The van der Waals surface area contributed by atoms with Crippen molar-refractivity contribution in [2.45, 2.75) is 26.9 Å². The number of halogens is 1. The molecule has 3 aromatic carbocycles.